The third kappa shape index (κ3) is 8.58. The van der Waals surface area contributed by atoms with Crippen LogP contribution in [0.2, 0.25) is 0 Å². The number of allylic oxidation sites excluding steroid dienone is 2. The summed E-state index contributed by atoms with van der Waals surface area (Å²) in [6, 6.07) is 0. The fourth-order valence-corrected chi connectivity index (χ4v) is 2.91. The van der Waals surface area contributed by atoms with E-state index in [0.717, 1.165) is 25.7 Å². The summed E-state index contributed by atoms with van der Waals surface area (Å²) in [5.74, 6) is 0. The maximum Gasteiger partial charge on any atom is 0.114 e. The van der Waals surface area contributed by atoms with E-state index in [1.54, 1.807) is 0 Å². The Morgan fingerprint density at radius 2 is 1.67 bits per heavy atom. The Kier molecular flexibility index (Phi) is 12.4. The fraction of sp³-hybridized carbons (Fsp3) is 0.895. The minimum Gasteiger partial charge on any atom is -0.394 e. The normalized spacial score (nSPS) is 27.8. The zero-order valence-electron chi connectivity index (χ0n) is 15.1. The molecule has 0 aliphatic carbocycles. The summed E-state index contributed by atoms with van der Waals surface area (Å²) in [6.45, 7) is 2.57. The van der Waals surface area contributed by atoms with Crippen LogP contribution in [0.5, 0.6) is 0 Å². The first-order chi connectivity index (χ1) is 11.7. The molecule has 0 amide bonds. The highest BCUT2D eigenvalue weighted by Gasteiger charge is 2.38. The first-order valence-electron chi connectivity index (χ1n) is 9.55. The van der Waals surface area contributed by atoms with Gasteiger partial charge in [0.15, 0.2) is 0 Å². The van der Waals surface area contributed by atoms with Crippen LogP contribution in [-0.2, 0) is 9.47 Å². The molecule has 1 fully saturated rings. The van der Waals surface area contributed by atoms with Crippen LogP contribution < -0.4 is 0 Å². The summed E-state index contributed by atoms with van der Waals surface area (Å²) in [6.07, 6.45) is 12.1. The molecule has 142 valence electrons. The summed E-state index contributed by atoms with van der Waals surface area (Å²) in [4.78, 5) is 0. The lowest BCUT2D eigenvalue weighted by Crippen LogP contribution is -2.55. The smallest absolute Gasteiger partial charge is 0.114 e. The van der Waals surface area contributed by atoms with Gasteiger partial charge in [-0.3, -0.25) is 0 Å². The van der Waals surface area contributed by atoms with Crippen LogP contribution in [0.25, 0.3) is 0 Å². The lowest BCUT2D eigenvalue weighted by molar-refractivity contribution is -0.210. The van der Waals surface area contributed by atoms with Gasteiger partial charge in [0.05, 0.1) is 13.2 Å². The van der Waals surface area contributed by atoms with Gasteiger partial charge in [0.1, 0.15) is 24.4 Å². The summed E-state index contributed by atoms with van der Waals surface area (Å²) in [5, 5.41) is 28.9. The van der Waals surface area contributed by atoms with Crippen molar-refractivity contribution >= 4 is 0 Å². The highest BCUT2D eigenvalue weighted by Crippen LogP contribution is 2.19. The minimum absolute atomic E-state index is 0.0933. The first-order valence-corrected chi connectivity index (χ1v) is 9.55. The maximum absolute atomic E-state index is 10.00. The Labute approximate surface area is 146 Å². The molecule has 0 aromatic carbocycles. The van der Waals surface area contributed by atoms with Gasteiger partial charge in [-0.1, -0.05) is 44.8 Å². The third-order valence-electron chi connectivity index (χ3n) is 4.47. The van der Waals surface area contributed by atoms with Gasteiger partial charge in [-0.15, -0.1) is 0 Å². The average molecular weight is 344 g/mol. The number of unbranched alkanes of at least 4 members (excludes halogenated alkanes) is 7. The summed E-state index contributed by atoms with van der Waals surface area (Å²) in [5.41, 5.74) is 0. The Hall–Kier alpha value is -0.460. The Balaban J connectivity index is 2.00. The Bertz CT molecular complexity index is 321. The van der Waals surface area contributed by atoms with E-state index in [9.17, 15) is 10.2 Å². The van der Waals surface area contributed by atoms with E-state index in [1.807, 2.05) is 0 Å². The molecule has 0 bridgehead atoms. The molecule has 0 aromatic heterocycles. The number of hydrogen-bond acceptors (Lipinski definition) is 5. The van der Waals surface area contributed by atoms with Crippen molar-refractivity contribution in [3.05, 3.63) is 12.2 Å². The van der Waals surface area contributed by atoms with Crippen molar-refractivity contribution in [1.29, 1.82) is 0 Å². The predicted molar refractivity (Wildman–Crippen MR) is 94.9 cm³/mol. The lowest BCUT2D eigenvalue weighted by atomic mass is 10.0. The van der Waals surface area contributed by atoms with Crippen LogP contribution in [0.1, 0.15) is 64.7 Å². The molecule has 1 aliphatic rings. The predicted octanol–water partition coefficient (Wildman–Crippen LogP) is 2.57. The van der Waals surface area contributed by atoms with Gasteiger partial charge in [-0.05, 0) is 32.1 Å². The number of aliphatic hydroxyl groups excluding tert-OH is 3. The quantitative estimate of drug-likeness (QED) is 0.353. The molecule has 1 rings (SSSR count). The number of aliphatic hydroxyl groups is 3. The van der Waals surface area contributed by atoms with Gasteiger partial charge in [0, 0.05) is 6.61 Å². The van der Waals surface area contributed by atoms with E-state index in [0.29, 0.717) is 6.61 Å². The van der Waals surface area contributed by atoms with Crippen LogP contribution in [0.15, 0.2) is 12.2 Å². The van der Waals surface area contributed by atoms with Crippen molar-refractivity contribution < 1.29 is 24.8 Å². The van der Waals surface area contributed by atoms with Crippen molar-refractivity contribution in [2.45, 2.75) is 89.1 Å². The van der Waals surface area contributed by atoms with Gasteiger partial charge in [0.25, 0.3) is 0 Å². The minimum atomic E-state index is -0.977. The van der Waals surface area contributed by atoms with Crippen molar-refractivity contribution in [3.8, 4) is 0 Å². The monoisotopic (exact) mass is 344 g/mol. The van der Waals surface area contributed by atoms with Crippen molar-refractivity contribution in [1.82, 2.24) is 0 Å². The molecule has 5 heteroatoms. The second kappa shape index (κ2) is 13.8. The highest BCUT2D eigenvalue weighted by atomic mass is 16.6. The van der Waals surface area contributed by atoms with Crippen molar-refractivity contribution in [2.24, 2.45) is 0 Å². The van der Waals surface area contributed by atoms with Gasteiger partial charge < -0.3 is 24.8 Å². The molecule has 24 heavy (non-hydrogen) atoms. The van der Waals surface area contributed by atoms with Crippen LogP contribution >= 0.6 is 0 Å². The molecule has 0 unspecified atom stereocenters. The van der Waals surface area contributed by atoms with Crippen LogP contribution in [0, 0.1) is 0 Å². The lowest BCUT2D eigenvalue weighted by Gasteiger charge is -2.37. The van der Waals surface area contributed by atoms with Crippen molar-refractivity contribution in [3.63, 3.8) is 0 Å². The van der Waals surface area contributed by atoms with Gasteiger partial charge >= 0.3 is 0 Å². The zero-order valence-corrected chi connectivity index (χ0v) is 15.1. The molecule has 3 N–H and O–H groups in total. The molecule has 0 saturated carbocycles. The summed E-state index contributed by atoms with van der Waals surface area (Å²) in [7, 11) is 0. The van der Waals surface area contributed by atoms with E-state index >= 15 is 0 Å². The largest absolute Gasteiger partial charge is 0.394 e. The number of ether oxygens (including phenoxy) is 2. The van der Waals surface area contributed by atoms with E-state index < -0.39 is 24.4 Å². The topological polar surface area (TPSA) is 79.2 Å². The summed E-state index contributed by atoms with van der Waals surface area (Å²) >= 11 is 0. The SMILES string of the molecule is CCCCCC/C=C/CCCCCO[C@H]1[C@H](O)[C@@H](CO)OC[C@@H]1O. The molecular weight excluding hydrogens is 308 g/mol. The third-order valence-corrected chi connectivity index (χ3v) is 4.47. The Morgan fingerprint density at radius 3 is 2.29 bits per heavy atom. The molecule has 1 saturated heterocycles. The van der Waals surface area contributed by atoms with E-state index in [1.165, 1.54) is 32.1 Å². The molecule has 5 nitrogen and oxygen atoms in total. The zero-order chi connectivity index (χ0) is 17.6. The number of hydrogen-bond donors (Lipinski definition) is 3. The highest BCUT2D eigenvalue weighted by molar-refractivity contribution is 4.87. The maximum atomic E-state index is 10.00. The average Bonchev–Trinajstić information content (AvgIpc) is 2.58. The molecule has 4 atom stereocenters. The second-order valence-electron chi connectivity index (χ2n) is 6.62. The van der Waals surface area contributed by atoms with Gasteiger partial charge in [-0.2, -0.15) is 0 Å². The van der Waals surface area contributed by atoms with E-state index in [-0.39, 0.29) is 13.2 Å². The number of rotatable bonds is 13. The van der Waals surface area contributed by atoms with Gasteiger partial charge in [0.2, 0.25) is 0 Å². The first kappa shape index (κ1) is 21.6. The second-order valence-corrected chi connectivity index (χ2v) is 6.62. The van der Waals surface area contributed by atoms with Crippen LogP contribution in [0.4, 0.5) is 0 Å². The molecule has 1 heterocycles. The molecular formula is C19H36O5. The van der Waals surface area contributed by atoms with Gasteiger partial charge in [-0.25, -0.2) is 0 Å². The fourth-order valence-electron chi connectivity index (χ4n) is 2.91. The van der Waals surface area contributed by atoms with Crippen LogP contribution in [-0.4, -0.2) is 59.6 Å². The van der Waals surface area contributed by atoms with E-state index in [2.05, 4.69) is 19.1 Å². The van der Waals surface area contributed by atoms with Crippen molar-refractivity contribution in [2.75, 3.05) is 19.8 Å². The standard InChI is InChI=1S/C19H36O5/c1-2-3-4-5-6-7-8-9-10-11-12-13-23-19-16(21)15-24-17(14-20)18(19)22/h7-8,16-22H,2-6,9-15H2,1H3/b8-7+/t16-,17+,18+,19+/m0/s1. The van der Waals surface area contributed by atoms with Crippen LogP contribution in [0.3, 0.4) is 0 Å². The van der Waals surface area contributed by atoms with E-state index in [4.69, 9.17) is 14.6 Å². The molecule has 0 radical (unpaired) electrons. The Morgan fingerprint density at radius 1 is 1.00 bits per heavy atom. The molecule has 0 aromatic rings. The molecule has 1 aliphatic heterocycles. The summed E-state index contributed by atoms with van der Waals surface area (Å²) < 4.78 is 10.8. The molecule has 0 spiro atoms.